The minimum Gasteiger partial charge on any atom is -0.480 e. The molecule has 1 atom stereocenters. The van der Waals surface area contributed by atoms with Gasteiger partial charge in [-0.2, -0.15) is 0 Å². The molecular formula is C16H22N2O4. The molecule has 0 saturated carbocycles. The fourth-order valence-corrected chi connectivity index (χ4v) is 1.94. The van der Waals surface area contributed by atoms with Crippen LogP contribution in [-0.2, 0) is 9.59 Å². The first kappa shape index (κ1) is 17.7. The van der Waals surface area contributed by atoms with E-state index in [2.05, 4.69) is 10.6 Å². The van der Waals surface area contributed by atoms with E-state index in [0.29, 0.717) is 18.4 Å². The van der Waals surface area contributed by atoms with Crippen LogP contribution in [0.2, 0.25) is 0 Å². The second kappa shape index (κ2) is 8.17. The van der Waals surface area contributed by atoms with Crippen molar-refractivity contribution in [1.82, 2.24) is 10.6 Å². The number of carboxylic acids is 1. The number of hydrogen-bond donors (Lipinski definition) is 3. The minimum absolute atomic E-state index is 0.251. The standard InChI is InChI=1S/C16H22N2O4/c1-4-5-13(16(21)22)18-14(19)9-17-15(20)12-7-6-10(2)11(3)8-12/h6-8,13H,4-5,9H2,1-3H3,(H,17,20)(H,18,19)(H,21,22). The first-order valence-electron chi connectivity index (χ1n) is 7.22. The number of aryl methyl sites for hydroxylation is 2. The fourth-order valence-electron chi connectivity index (χ4n) is 1.94. The van der Waals surface area contributed by atoms with Crippen molar-refractivity contribution in [3.8, 4) is 0 Å². The Morgan fingerprint density at radius 3 is 2.41 bits per heavy atom. The largest absolute Gasteiger partial charge is 0.480 e. The molecule has 22 heavy (non-hydrogen) atoms. The van der Waals surface area contributed by atoms with Crippen LogP contribution in [0.1, 0.15) is 41.3 Å². The van der Waals surface area contributed by atoms with Crippen molar-refractivity contribution < 1.29 is 19.5 Å². The first-order valence-corrected chi connectivity index (χ1v) is 7.22. The summed E-state index contributed by atoms with van der Waals surface area (Å²) in [4.78, 5) is 34.6. The van der Waals surface area contributed by atoms with Crippen molar-refractivity contribution in [3.05, 3.63) is 34.9 Å². The third kappa shape index (κ3) is 5.20. The zero-order chi connectivity index (χ0) is 16.7. The van der Waals surface area contributed by atoms with Crippen LogP contribution < -0.4 is 10.6 Å². The van der Waals surface area contributed by atoms with Crippen molar-refractivity contribution in [3.63, 3.8) is 0 Å². The molecule has 1 aromatic carbocycles. The van der Waals surface area contributed by atoms with Crippen molar-refractivity contribution in [2.24, 2.45) is 0 Å². The Morgan fingerprint density at radius 2 is 1.86 bits per heavy atom. The van der Waals surface area contributed by atoms with Gasteiger partial charge in [0.05, 0.1) is 6.54 Å². The van der Waals surface area contributed by atoms with Gasteiger partial charge in [0.25, 0.3) is 5.91 Å². The molecular weight excluding hydrogens is 284 g/mol. The van der Waals surface area contributed by atoms with E-state index < -0.39 is 17.9 Å². The highest BCUT2D eigenvalue weighted by Crippen LogP contribution is 2.09. The first-order chi connectivity index (χ1) is 10.3. The number of nitrogens with one attached hydrogen (secondary N) is 2. The van der Waals surface area contributed by atoms with Gasteiger partial charge in [0.1, 0.15) is 6.04 Å². The summed E-state index contributed by atoms with van der Waals surface area (Å²) >= 11 is 0. The average Bonchev–Trinajstić information content (AvgIpc) is 2.47. The van der Waals surface area contributed by atoms with E-state index in [1.807, 2.05) is 26.8 Å². The van der Waals surface area contributed by atoms with Crippen molar-refractivity contribution >= 4 is 17.8 Å². The van der Waals surface area contributed by atoms with Gasteiger partial charge in [-0.15, -0.1) is 0 Å². The summed E-state index contributed by atoms with van der Waals surface area (Å²) in [6.45, 7) is 5.44. The summed E-state index contributed by atoms with van der Waals surface area (Å²) in [6.07, 6.45) is 0.998. The average molecular weight is 306 g/mol. The van der Waals surface area contributed by atoms with E-state index in [1.54, 1.807) is 12.1 Å². The van der Waals surface area contributed by atoms with Crippen LogP contribution in [0.4, 0.5) is 0 Å². The molecule has 6 heteroatoms. The summed E-state index contributed by atoms with van der Waals surface area (Å²) in [5.41, 5.74) is 2.54. The summed E-state index contributed by atoms with van der Waals surface area (Å²) in [6, 6.07) is 4.36. The van der Waals surface area contributed by atoms with Crippen LogP contribution in [0.25, 0.3) is 0 Å². The van der Waals surface area contributed by atoms with Crippen molar-refractivity contribution in [2.45, 2.75) is 39.7 Å². The number of rotatable bonds is 7. The monoisotopic (exact) mass is 306 g/mol. The van der Waals surface area contributed by atoms with Crippen LogP contribution in [0.15, 0.2) is 18.2 Å². The van der Waals surface area contributed by atoms with Crippen molar-refractivity contribution in [1.29, 1.82) is 0 Å². The highest BCUT2D eigenvalue weighted by Gasteiger charge is 2.19. The molecule has 0 radical (unpaired) electrons. The summed E-state index contributed by atoms with van der Waals surface area (Å²) in [5, 5.41) is 13.8. The molecule has 0 fully saturated rings. The lowest BCUT2D eigenvalue weighted by molar-refractivity contribution is -0.141. The Labute approximate surface area is 129 Å². The Hall–Kier alpha value is -2.37. The van der Waals surface area contributed by atoms with E-state index in [4.69, 9.17) is 5.11 Å². The molecule has 1 aromatic rings. The minimum atomic E-state index is -1.07. The molecule has 0 aliphatic heterocycles. The van der Waals surface area contributed by atoms with Gasteiger partial charge in [-0.3, -0.25) is 9.59 Å². The molecule has 1 unspecified atom stereocenters. The Kier molecular flexibility index (Phi) is 6.56. The van der Waals surface area contributed by atoms with E-state index in [9.17, 15) is 14.4 Å². The lowest BCUT2D eigenvalue weighted by Gasteiger charge is -2.14. The van der Waals surface area contributed by atoms with Gasteiger partial charge in [0.15, 0.2) is 0 Å². The molecule has 0 aromatic heterocycles. The topological polar surface area (TPSA) is 95.5 Å². The van der Waals surface area contributed by atoms with E-state index >= 15 is 0 Å². The number of hydrogen-bond acceptors (Lipinski definition) is 3. The maximum absolute atomic E-state index is 12.0. The highest BCUT2D eigenvalue weighted by molar-refractivity contribution is 5.97. The molecule has 2 amide bonds. The van der Waals surface area contributed by atoms with E-state index in [-0.39, 0.29) is 12.5 Å². The van der Waals surface area contributed by atoms with Crippen LogP contribution >= 0.6 is 0 Å². The van der Waals surface area contributed by atoms with Gasteiger partial charge in [0, 0.05) is 5.56 Å². The predicted octanol–water partition coefficient (Wildman–Crippen LogP) is 1.40. The lowest BCUT2D eigenvalue weighted by atomic mass is 10.1. The zero-order valence-electron chi connectivity index (χ0n) is 13.1. The van der Waals surface area contributed by atoms with E-state index in [0.717, 1.165) is 11.1 Å². The van der Waals surface area contributed by atoms with Crippen molar-refractivity contribution in [2.75, 3.05) is 6.54 Å². The number of carboxylic acid groups (broad SMARTS) is 1. The fraction of sp³-hybridized carbons (Fsp3) is 0.438. The van der Waals surface area contributed by atoms with Crippen LogP contribution in [0, 0.1) is 13.8 Å². The Bertz CT molecular complexity index is 569. The van der Waals surface area contributed by atoms with Gasteiger partial charge in [-0.1, -0.05) is 19.4 Å². The number of carbonyl (C=O) groups is 3. The molecule has 0 aliphatic carbocycles. The third-order valence-electron chi connectivity index (χ3n) is 3.39. The second-order valence-electron chi connectivity index (χ2n) is 5.23. The SMILES string of the molecule is CCCC(NC(=O)CNC(=O)c1ccc(C)c(C)c1)C(=O)O. The van der Waals surface area contributed by atoms with Gasteiger partial charge in [-0.05, 0) is 43.5 Å². The third-order valence-corrected chi connectivity index (χ3v) is 3.39. The molecule has 1 rings (SSSR count). The van der Waals surface area contributed by atoms with Gasteiger partial charge < -0.3 is 15.7 Å². The Balaban J connectivity index is 2.54. The van der Waals surface area contributed by atoms with Gasteiger partial charge in [-0.25, -0.2) is 4.79 Å². The second-order valence-corrected chi connectivity index (χ2v) is 5.23. The quantitative estimate of drug-likeness (QED) is 0.709. The lowest BCUT2D eigenvalue weighted by Crippen LogP contribution is -2.45. The number of carbonyl (C=O) groups excluding carboxylic acids is 2. The van der Waals surface area contributed by atoms with Gasteiger partial charge in [0.2, 0.25) is 5.91 Å². The molecule has 120 valence electrons. The van der Waals surface area contributed by atoms with Crippen LogP contribution in [-0.4, -0.2) is 35.5 Å². The predicted molar refractivity (Wildman–Crippen MR) is 82.7 cm³/mol. The zero-order valence-corrected chi connectivity index (χ0v) is 13.1. The molecule has 0 saturated heterocycles. The number of aliphatic carboxylic acids is 1. The summed E-state index contributed by atoms with van der Waals surface area (Å²) < 4.78 is 0. The highest BCUT2D eigenvalue weighted by atomic mass is 16.4. The van der Waals surface area contributed by atoms with Crippen LogP contribution in [0.5, 0.6) is 0 Å². The number of amides is 2. The number of benzene rings is 1. The molecule has 0 spiro atoms. The summed E-state index contributed by atoms with van der Waals surface area (Å²) in [7, 11) is 0. The Morgan fingerprint density at radius 1 is 1.18 bits per heavy atom. The molecule has 0 heterocycles. The molecule has 3 N–H and O–H groups in total. The normalized spacial score (nSPS) is 11.6. The molecule has 0 aliphatic rings. The molecule has 6 nitrogen and oxygen atoms in total. The summed E-state index contributed by atoms with van der Waals surface area (Å²) in [5.74, 6) is -1.95. The maximum atomic E-state index is 12.0. The van der Waals surface area contributed by atoms with Gasteiger partial charge >= 0.3 is 5.97 Å². The maximum Gasteiger partial charge on any atom is 0.326 e. The molecule has 0 bridgehead atoms. The smallest absolute Gasteiger partial charge is 0.326 e. The van der Waals surface area contributed by atoms with Crippen LogP contribution in [0.3, 0.4) is 0 Å². The van der Waals surface area contributed by atoms with E-state index in [1.165, 1.54) is 0 Å².